The molecule has 0 aromatic rings. The maximum atomic E-state index is 12.7. The van der Waals surface area contributed by atoms with E-state index in [9.17, 15) is 9.59 Å². The fourth-order valence-electron chi connectivity index (χ4n) is 3.02. The fourth-order valence-corrected chi connectivity index (χ4v) is 3.02. The minimum absolute atomic E-state index is 0.0507. The first-order valence-corrected chi connectivity index (χ1v) is 9.18. The average molecular weight is 354 g/mol. The van der Waals surface area contributed by atoms with Gasteiger partial charge in [-0.15, -0.1) is 0 Å². The van der Waals surface area contributed by atoms with Crippen molar-refractivity contribution in [1.29, 1.82) is 0 Å². The molecule has 1 rings (SSSR count). The van der Waals surface area contributed by atoms with Crippen LogP contribution in [0.1, 0.15) is 46.0 Å². The summed E-state index contributed by atoms with van der Waals surface area (Å²) < 4.78 is 0. The van der Waals surface area contributed by atoms with Gasteiger partial charge in [-0.25, -0.2) is 4.99 Å². The van der Waals surface area contributed by atoms with Gasteiger partial charge in [0.05, 0.1) is 5.41 Å². The summed E-state index contributed by atoms with van der Waals surface area (Å²) in [5.74, 6) is 0.720. The van der Waals surface area contributed by atoms with Crippen LogP contribution in [-0.4, -0.2) is 74.9 Å². The Morgan fingerprint density at radius 2 is 1.72 bits per heavy atom. The number of carbonyl (C=O) groups is 2. The topological polar surface area (TPSA) is 77.0 Å². The molecule has 1 unspecified atom stereocenters. The van der Waals surface area contributed by atoms with Gasteiger partial charge in [0.2, 0.25) is 11.8 Å². The van der Waals surface area contributed by atoms with Crippen molar-refractivity contribution in [3.63, 3.8) is 0 Å². The van der Waals surface area contributed by atoms with Crippen molar-refractivity contribution in [2.24, 2.45) is 10.4 Å². The molecule has 0 heterocycles. The molecule has 25 heavy (non-hydrogen) atoms. The Kier molecular flexibility index (Phi) is 8.19. The molecule has 0 aromatic heterocycles. The van der Waals surface area contributed by atoms with Crippen molar-refractivity contribution >= 4 is 17.8 Å². The molecule has 1 fully saturated rings. The quantitative estimate of drug-likeness (QED) is 0.530. The highest BCUT2D eigenvalue weighted by atomic mass is 16.2. The van der Waals surface area contributed by atoms with E-state index >= 15 is 0 Å². The van der Waals surface area contributed by atoms with Crippen molar-refractivity contribution in [3.05, 3.63) is 0 Å². The van der Waals surface area contributed by atoms with E-state index in [0.717, 1.165) is 32.1 Å². The Morgan fingerprint density at radius 1 is 1.12 bits per heavy atom. The van der Waals surface area contributed by atoms with Crippen LogP contribution in [-0.2, 0) is 9.59 Å². The summed E-state index contributed by atoms with van der Waals surface area (Å²) in [4.78, 5) is 32.1. The Hall–Kier alpha value is -1.79. The van der Waals surface area contributed by atoms with Gasteiger partial charge >= 0.3 is 0 Å². The summed E-state index contributed by atoms with van der Waals surface area (Å²) in [7, 11) is 7.06. The van der Waals surface area contributed by atoms with E-state index in [0.29, 0.717) is 12.5 Å². The number of guanidine groups is 1. The maximum absolute atomic E-state index is 12.7. The lowest BCUT2D eigenvalue weighted by molar-refractivity contribution is -0.138. The number of hydrogen-bond acceptors (Lipinski definition) is 3. The zero-order valence-corrected chi connectivity index (χ0v) is 16.7. The summed E-state index contributed by atoms with van der Waals surface area (Å²) in [5, 5.41) is 6.63. The van der Waals surface area contributed by atoms with Gasteiger partial charge < -0.3 is 20.4 Å². The van der Waals surface area contributed by atoms with Crippen LogP contribution in [0, 0.1) is 5.41 Å². The minimum atomic E-state index is -0.368. The monoisotopic (exact) mass is 353 g/mol. The van der Waals surface area contributed by atoms with Crippen molar-refractivity contribution in [2.45, 2.75) is 52.0 Å². The molecule has 0 saturated heterocycles. The number of aliphatic imine (C=N–C) groups is 1. The first-order chi connectivity index (χ1) is 11.7. The molecular formula is C18H35N5O2. The van der Waals surface area contributed by atoms with Gasteiger partial charge in [-0.3, -0.25) is 9.59 Å². The lowest BCUT2D eigenvalue weighted by Crippen LogP contribution is -2.50. The predicted molar refractivity (Wildman–Crippen MR) is 101 cm³/mol. The van der Waals surface area contributed by atoms with Gasteiger partial charge in [0.15, 0.2) is 5.96 Å². The highest BCUT2D eigenvalue weighted by Gasteiger charge is 2.42. The van der Waals surface area contributed by atoms with Gasteiger partial charge in [-0.2, -0.15) is 0 Å². The first kappa shape index (κ1) is 21.3. The van der Waals surface area contributed by atoms with E-state index in [1.165, 1.54) is 4.90 Å². The molecule has 7 heteroatoms. The predicted octanol–water partition coefficient (Wildman–Crippen LogP) is 1.06. The van der Waals surface area contributed by atoms with E-state index in [1.54, 1.807) is 19.0 Å². The number of rotatable bonds is 7. The first-order valence-electron chi connectivity index (χ1n) is 9.18. The highest BCUT2D eigenvalue weighted by molar-refractivity contribution is 5.87. The number of nitrogens with zero attached hydrogens (tertiary/aromatic N) is 3. The molecule has 7 nitrogen and oxygen atoms in total. The van der Waals surface area contributed by atoms with Crippen LogP contribution in [0.15, 0.2) is 4.99 Å². The van der Waals surface area contributed by atoms with Gasteiger partial charge in [0, 0.05) is 40.8 Å². The number of likely N-dealkylation sites (N-methyl/N-ethyl adjacent to an activating group) is 1. The molecule has 0 bridgehead atoms. The summed E-state index contributed by atoms with van der Waals surface area (Å²) in [5.41, 5.74) is -0.368. The second-order valence-electron chi connectivity index (χ2n) is 7.45. The zero-order chi connectivity index (χ0) is 19.0. The molecule has 144 valence electrons. The highest BCUT2D eigenvalue weighted by Crippen LogP contribution is 2.38. The molecule has 0 aliphatic heterocycles. The van der Waals surface area contributed by atoms with Crippen LogP contribution in [0.2, 0.25) is 0 Å². The van der Waals surface area contributed by atoms with Gasteiger partial charge in [-0.05, 0) is 26.2 Å². The summed E-state index contributed by atoms with van der Waals surface area (Å²) in [6.07, 6.45) is 4.88. The Balaban J connectivity index is 2.83. The van der Waals surface area contributed by atoms with Gasteiger partial charge in [0.25, 0.3) is 0 Å². The van der Waals surface area contributed by atoms with Crippen LogP contribution >= 0.6 is 0 Å². The molecule has 1 atom stereocenters. The zero-order valence-electron chi connectivity index (χ0n) is 16.7. The largest absolute Gasteiger partial charge is 0.355 e. The minimum Gasteiger partial charge on any atom is -0.355 e. The van der Waals surface area contributed by atoms with Crippen molar-refractivity contribution in [2.75, 3.05) is 41.3 Å². The SMILES string of the molecule is CCC(C)NC(=NCC(=O)N(C)C)NCC1(C(=O)N(C)C)CCCC1. The van der Waals surface area contributed by atoms with Crippen molar-refractivity contribution in [1.82, 2.24) is 20.4 Å². The van der Waals surface area contributed by atoms with E-state index in [2.05, 4.69) is 29.5 Å². The average Bonchev–Trinajstić information content (AvgIpc) is 3.05. The number of amides is 2. The van der Waals surface area contributed by atoms with Gasteiger partial charge in [0.1, 0.15) is 6.54 Å². The maximum Gasteiger partial charge on any atom is 0.243 e. The molecule has 2 amide bonds. The normalized spacial score (nSPS) is 17.8. The Labute approximate surface area is 152 Å². The molecule has 0 spiro atoms. The van der Waals surface area contributed by atoms with E-state index in [-0.39, 0.29) is 29.8 Å². The fraction of sp³-hybridized carbons (Fsp3) is 0.833. The number of carbonyl (C=O) groups excluding carboxylic acids is 2. The van der Waals surface area contributed by atoms with E-state index in [4.69, 9.17) is 0 Å². The molecule has 2 N–H and O–H groups in total. The van der Waals surface area contributed by atoms with Crippen molar-refractivity contribution < 1.29 is 9.59 Å². The third-order valence-corrected chi connectivity index (χ3v) is 4.88. The molecule has 1 aliphatic rings. The second kappa shape index (κ2) is 9.63. The standard InChI is InChI=1S/C18H35N5O2/c1-7-14(2)21-17(19-12-15(24)22(3)4)20-13-18(10-8-9-11-18)16(25)23(5)6/h14H,7-13H2,1-6H3,(H2,19,20,21). The molecule has 0 aromatic carbocycles. The van der Waals surface area contributed by atoms with Crippen LogP contribution in [0.3, 0.4) is 0 Å². The van der Waals surface area contributed by atoms with Crippen LogP contribution < -0.4 is 10.6 Å². The third kappa shape index (κ3) is 6.21. The summed E-state index contributed by atoms with van der Waals surface area (Å²) in [6, 6.07) is 0.241. The van der Waals surface area contributed by atoms with Crippen LogP contribution in [0.5, 0.6) is 0 Å². The third-order valence-electron chi connectivity index (χ3n) is 4.88. The number of hydrogen-bond donors (Lipinski definition) is 2. The smallest absolute Gasteiger partial charge is 0.243 e. The summed E-state index contributed by atoms with van der Waals surface area (Å²) in [6.45, 7) is 4.80. The molecule has 1 saturated carbocycles. The van der Waals surface area contributed by atoms with Crippen LogP contribution in [0.25, 0.3) is 0 Å². The summed E-state index contributed by atoms with van der Waals surface area (Å²) >= 11 is 0. The number of nitrogens with one attached hydrogen (secondary N) is 2. The van der Waals surface area contributed by atoms with E-state index < -0.39 is 0 Å². The molecular weight excluding hydrogens is 318 g/mol. The second-order valence-corrected chi connectivity index (χ2v) is 7.45. The Bertz CT molecular complexity index is 482. The van der Waals surface area contributed by atoms with Crippen LogP contribution in [0.4, 0.5) is 0 Å². The van der Waals surface area contributed by atoms with E-state index in [1.807, 2.05) is 14.1 Å². The molecule has 0 radical (unpaired) electrons. The molecule has 1 aliphatic carbocycles. The lowest BCUT2D eigenvalue weighted by atomic mass is 9.84. The van der Waals surface area contributed by atoms with Crippen molar-refractivity contribution in [3.8, 4) is 0 Å². The Morgan fingerprint density at radius 3 is 2.20 bits per heavy atom. The van der Waals surface area contributed by atoms with Gasteiger partial charge in [-0.1, -0.05) is 19.8 Å². The lowest BCUT2D eigenvalue weighted by Gasteiger charge is -2.31.